The van der Waals surface area contributed by atoms with Crippen LogP contribution in [0, 0.1) is 26.7 Å². The Hall–Kier alpha value is -1.92. The van der Waals surface area contributed by atoms with Gasteiger partial charge in [-0.3, -0.25) is 9.59 Å². The number of hydrogen-bond donors (Lipinski definition) is 2. The van der Waals surface area contributed by atoms with Gasteiger partial charge in [0.1, 0.15) is 0 Å². The van der Waals surface area contributed by atoms with Crippen molar-refractivity contribution in [2.24, 2.45) is 5.92 Å². The van der Waals surface area contributed by atoms with Gasteiger partial charge in [-0.25, -0.2) is 0 Å². The van der Waals surface area contributed by atoms with Gasteiger partial charge in [-0.15, -0.1) is 11.3 Å². The number of pyridine rings is 1. The summed E-state index contributed by atoms with van der Waals surface area (Å²) in [4.78, 5) is 33.5. The van der Waals surface area contributed by atoms with Crippen LogP contribution in [0.3, 0.4) is 0 Å². The molecule has 2 aromatic rings. The highest BCUT2D eigenvalue weighted by atomic mass is 32.1. The van der Waals surface area contributed by atoms with Crippen LogP contribution in [-0.2, 0) is 13.0 Å². The Morgan fingerprint density at radius 1 is 1.20 bits per heavy atom. The lowest BCUT2D eigenvalue weighted by Crippen LogP contribution is -2.33. The molecule has 2 aliphatic heterocycles. The minimum atomic E-state index is -0.0768. The predicted octanol–water partition coefficient (Wildman–Crippen LogP) is 4.05. The van der Waals surface area contributed by atoms with Gasteiger partial charge in [-0.2, -0.15) is 0 Å². The molecule has 1 amide bonds. The van der Waals surface area contributed by atoms with Crippen molar-refractivity contribution >= 4 is 17.2 Å². The van der Waals surface area contributed by atoms with E-state index in [1.807, 2.05) is 36.2 Å². The van der Waals surface area contributed by atoms with E-state index in [9.17, 15) is 9.59 Å². The number of carbonyl (C=O) groups excluding carboxylic acids is 1. The maximum Gasteiger partial charge on any atom is 0.255 e. The van der Waals surface area contributed by atoms with Crippen molar-refractivity contribution in [1.29, 1.82) is 0 Å². The fourth-order valence-electron chi connectivity index (χ4n) is 5.15. The van der Waals surface area contributed by atoms with Crippen molar-refractivity contribution in [3.05, 3.63) is 54.1 Å². The van der Waals surface area contributed by atoms with E-state index in [0.29, 0.717) is 30.5 Å². The fraction of sp³-hybridized carbons (Fsp3) is 0.583. The number of aromatic amines is 1. The van der Waals surface area contributed by atoms with Gasteiger partial charge in [-0.05, 0) is 88.6 Å². The molecule has 0 aliphatic carbocycles. The van der Waals surface area contributed by atoms with Crippen molar-refractivity contribution in [2.75, 3.05) is 19.6 Å². The summed E-state index contributed by atoms with van der Waals surface area (Å²) in [5, 5.41) is 3.46. The summed E-state index contributed by atoms with van der Waals surface area (Å²) in [6.45, 7) is 11.6. The molecule has 0 bridgehead atoms. The zero-order chi connectivity index (χ0) is 21.4. The Morgan fingerprint density at radius 3 is 2.63 bits per heavy atom. The van der Waals surface area contributed by atoms with Crippen LogP contribution in [0.2, 0.25) is 0 Å². The van der Waals surface area contributed by atoms with Crippen LogP contribution < -0.4 is 10.9 Å². The molecular formula is C24H33N3O2S. The summed E-state index contributed by atoms with van der Waals surface area (Å²) in [6.07, 6.45) is 4.31. The van der Waals surface area contributed by atoms with Crippen LogP contribution in [0.5, 0.6) is 0 Å². The number of aromatic nitrogens is 1. The van der Waals surface area contributed by atoms with Gasteiger partial charge in [-0.1, -0.05) is 6.92 Å². The van der Waals surface area contributed by atoms with Crippen molar-refractivity contribution in [3.63, 3.8) is 0 Å². The van der Waals surface area contributed by atoms with Gasteiger partial charge in [0.05, 0.1) is 12.1 Å². The molecule has 1 saturated heterocycles. The first-order chi connectivity index (χ1) is 14.4. The average Bonchev–Trinajstić information content (AvgIpc) is 2.95. The number of nitrogens with one attached hydrogen (secondary N) is 2. The number of nitrogens with zero attached hydrogens (tertiary/aromatic N) is 1. The molecule has 1 fully saturated rings. The number of hydrogen-bond acceptors (Lipinski definition) is 4. The van der Waals surface area contributed by atoms with Gasteiger partial charge in [0.2, 0.25) is 0 Å². The van der Waals surface area contributed by atoms with Crippen molar-refractivity contribution in [2.45, 2.75) is 65.8 Å². The third-order valence-electron chi connectivity index (χ3n) is 6.94. The lowest BCUT2D eigenvalue weighted by atomic mass is 9.83. The zero-order valence-electron chi connectivity index (χ0n) is 18.6. The number of H-pyrrole nitrogens is 1. The van der Waals surface area contributed by atoms with Crippen molar-refractivity contribution < 1.29 is 4.79 Å². The summed E-state index contributed by atoms with van der Waals surface area (Å²) in [7, 11) is 0. The smallest absolute Gasteiger partial charge is 0.255 e. The van der Waals surface area contributed by atoms with Crippen LogP contribution >= 0.6 is 11.3 Å². The third-order valence-corrected chi connectivity index (χ3v) is 8.49. The Labute approximate surface area is 182 Å². The summed E-state index contributed by atoms with van der Waals surface area (Å²) >= 11 is 1.86. The maximum absolute atomic E-state index is 13.6. The molecule has 162 valence electrons. The SMILES string of the molecule is Cc1cc(C)c(CN2CCCc3sc(C(C)C4CCNCC4)c(C)c3C2=O)c(=O)[nH]1. The van der Waals surface area contributed by atoms with Crippen LogP contribution in [0.4, 0.5) is 0 Å². The second-order valence-electron chi connectivity index (χ2n) is 9.04. The van der Waals surface area contributed by atoms with Gasteiger partial charge >= 0.3 is 0 Å². The highest BCUT2D eigenvalue weighted by Crippen LogP contribution is 2.41. The van der Waals surface area contributed by atoms with Gasteiger partial charge in [0.15, 0.2) is 0 Å². The molecular weight excluding hydrogens is 394 g/mol. The van der Waals surface area contributed by atoms with E-state index in [4.69, 9.17) is 0 Å². The van der Waals surface area contributed by atoms with Gasteiger partial charge in [0.25, 0.3) is 11.5 Å². The molecule has 4 rings (SSSR count). The molecule has 0 spiro atoms. The Balaban J connectivity index is 1.63. The summed E-state index contributed by atoms with van der Waals surface area (Å²) in [6, 6.07) is 1.99. The third kappa shape index (κ3) is 4.00. The van der Waals surface area contributed by atoms with Crippen LogP contribution in [0.15, 0.2) is 10.9 Å². The monoisotopic (exact) mass is 427 g/mol. The molecule has 2 aromatic heterocycles. The number of rotatable bonds is 4. The first-order valence-electron chi connectivity index (χ1n) is 11.2. The summed E-state index contributed by atoms with van der Waals surface area (Å²) in [5.74, 6) is 1.28. The number of carbonyl (C=O) groups is 1. The molecule has 2 aliphatic rings. The van der Waals surface area contributed by atoms with Crippen molar-refractivity contribution in [3.8, 4) is 0 Å². The Morgan fingerprint density at radius 2 is 1.93 bits per heavy atom. The number of thiophene rings is 1. The van der Waals surface area contributed by atoms with E-state index < -0.39 is 0 Å². The molecule has 0 saturated carbocycles. The normalized spacial score (nSPS) is 18.9. The van der Waals surface area contributed by atoms with E-state index in [2.05, 4.69) is 24.1 Å². The molecule has 30 heavy (non-hydrogen) atoms. The average molecular weight is 428 g/mol. The zero-order valence-corrected chi connectivity index (χ0v) is 19.4. The highest BCUT2D eigenvalue weighted by molar-refractivity contribution is 7.12. The Bertz CT molecular complexity index is 1000. The topological polar surface area (TPSA) is 65.2 Å². The van der Waals surface area contributed by atoms with Gasteiger partial charge < -0.3 is 15.2 Å². The van der Waals surface area contributed by atoms with Crippen LogP contribution in [0.1, 0.15) is 74.6 Å². The number of fused-ring (bicyclic) bond motifs is 1. The first-order valence-corrected chi connectivity index (χ1v) is 12.0. The van der Waals surface area contributed by atoms with Crippen LogP contribution in [-0.4, -0.2) is 35.4 Å². The minimum absolute atomic E-state index is 0.0768. The molecule has 6 heteroatoms. The molecule has 0 aromatic carbocycles. The molecule has 5 nitrogen and oxygen atoms in total. The second-order valence-corrected chi connectivity index (χ2v) is 10.2. The Kier molecular flexibility index (Phi) is 6.16. The lowest BCUT2D eigenvalue weighted by molar-refractivity contribution is 0.0747. The predicted molar refractivity (Wildman–Crippen MR) is 123 cm³/mol. The van der Waals surface area contributed by atoms with E-state index in [0.717, 1.165) is 42.8 Å². The molecule has 2 N–H and O–H groups in total. The minimum Gasteiger partial charge on any atom is -0.334 e. The molecule has 4 heterocycles. The highest BCUT2D eigenvalue weighted by Gasteiger charge is 2.32. The van der Waals surface area contributed by atoms with E-state index >= 15 is 0 Å². The quantitative estimate of drug-likeness (QED) is 0.774. The standard InChI is InChI=1S/C24H33N3O2S/c1-14-12-15(2)26-23(28)19(14)13-27-11-5-6-20-21(24(27)29)17(4)22(30-20)16(3)18-7-9-25-10-8-18/h12,16,18,25H,5-11,13H2,1-4H3,(H,26,28). The van der Waals surface area contributed by atoms with E-state index in [1.54, 1.807) is 0 Å². The number of piperidine rings is 1. The largest absolute Gasteiger partial charge is 0.334 e. The number of aryl methyl sites for hydroxylation is 3. The van der Waals surface area contributed by atoms with E-state index in [1.165, 1.54) is 28.2 Å². The first kappa shape index (κ1) is 21.3. The maximum atomic E-state index is 13.6. The summed E-state index contributed by atoms with van der Waals surface area (Å²) < 4.78 is 0. The fourth-order valence-corrected chi connectivity index (χ4v) is 6.64. The van der Waals surface area contributed by atoms with E-state index in [-0.39, 0.29) is 11.5 Å². The molecule has 1 atom stereocenters. The molecule has 0 radical (unpaired) electrons. The van der Waals surface area contributed by atoms with Gasteiger partial charge in [0, 0.05) is 27.6 Å². The summed E-state index contributed by atoms with van der Waals surface area (Å²) in [5.41, 5.74) is 4.52. The van der Waals surface area contributed by atoms with Crippen molar-refractivity contribution in [1.82, 2.24) is 15.2 Å². The molecule has 1 unspecified atom stereocenters. The van der Waals surface area contributed by atoms with Crippen LogP contribution in [0.25, 0.3) is 0 Å². The lowest BCUT2D eigenvalue weighted by Gasteiger charge is -2.28. The number of amides is 1. The second kappa shape index (κ2) is 8.67.